The van der Waals surface area contributed by atoms with Crippen molar-refractivity contribution in [2.75, 3.05) is 11.9 Å². The van der Waals surface area contributed by atoms with E-state index < -0.39 is 0 Å². The molecular weight excluding hydrogens is 282 g/mol. The van der Waals surface area contributed by atoms with Gasteiger partial charge in [-0.05, 0) is 30.2 Å². The summed E-state index contributed by atoms with van der Waals surface area (Å²) in [6, 6.07) is 10.6. The van der Waals surface area contributed by atoms with E-state index in [1.54, 1.807) is 0 Å². The Kier molecular flexibility index (Phi) is 5.21. The van der Waals surface area contributed by atoms with Crippen LogP contribution < -0.4 is 10.2 Å². The van der Waals surface area contributed by atoms with Gasteiger partial charge in [-0.2, -0.15) is 0 Å². The van der Waals surface area contributed by atoms with Crippen LogP contribution in [0, 0.1) is 6.92 Å². The Balaban J connectivity index is 2.23. The third-order valence-corrected chi connectivity index (χ3v) is 3.67. The van der Waals surface area contributed by atoms with Crippen molar-refractivity contribution in [1.29, 1.82) is 0 Å². The molecule has 1 heterocycles. The minimum absolute atomic E-state index is 0.443. The molecule has 0 bridgehead atoms. The molecule has 3 nitrogen and oxygen atoms in total. The van der Waals surface area contributed by atoms with Gasteiger partial charge in [-0.1, -0.05) is 43.6 Å². The maximum atomic E-state index is 6.41. The highest BCUT2D eigenvalue weighted by atomic mass is 35.5. The van der Waals surface area contributed by atoms with Crippen molar-refractivity contribution < 1.29 is 0 Å². The zero-order valence-electron chi connectivity index (χ0n) is 13.0. The summed E-state index contributed by atoms with van der Waals surface area (Å²) in [6.45, 7) is 7.10. The Morgan fingerprint density at radius 2 is 2.00 bits per heavy atom. The van der Waals surface area contributed by atoms with E-state index in [4.69, 9.17) is 11.6 Å². The number of para-hydroxylation sites is 1. The molecule has 0 aliphatic carbocycles. The van der Waals surface area contributed by atoms with Crippen molar-refractivity contribution >= 4 is 23.1 Å². The molecule has 0 spiro atoms. The molecule has 0 radical (unpaired) electrons. The Hall–Kier alpha value is -1.58. The fourth-order valence-corrected chi connectivity index (χ4v) is 2.51. The first-order valence-corrected chi connectivity index (χ1v) is 7.54. The molecular formula is C17H22ClN3. The summed E-state index contributed by atoms with van der Waals surface area (Å²) < 4.78 is 0. The quantitative estimate of drug-likeness (QED) is 0.892. The van der Waals surface area contributed by atoms with Crippen molar-refractivity contribution in [3.05, 3.63) is 52.7 Å². The highest BCUT2D eigenvalue weighted by Gasteiger charge is 2.12. The van der Waals surface area contributed by atoms with Crippen LogP contribution in [0.2, 0.25) is 5.02 Å². The Morgan fingerprint density at radius 3 is 2.62 bits per heavy atom. The predicted molar refractivity (Wildman–Crippen MR) is 90.5 cm³/mol. The average molecular weight is 304 g/mol. The third kappa shape index (κ3) is 3.96. The topological polar surface area (TPSA) is 28.2 Å². The van der Waals surface area contributed by atoms with Crippen molar-refractivity contribution in [3.63, 3.8) is 0 Å². The number of nitrogens with one attached hydrogen (secondary N) is 1. The molecule has 2 rings (SSSR count). The lowest BCUT2D eigenvalue weighted by Crippen LogP contribution is -2.22. The molecule has 2 aromatic rings. The predicted octanol–water partition coefficient (Wildman–Crippen LogP) is 4.31. The number of halogens is 1. The van der Waals surface area contributed by atoms with Gasteiger partial charge in [0.15, 0.2) is 5.82 Å². The maximum Gasteiger partial charge on any atom is 0.151 e. The standard InChI is InChI=1S/C17H22ClN3/c1-12(2)19-10-14-9-15(18)17(20-11-14)21(4)16-8-6-5-7-13(16)3/h5-9,11-12,19H,10H2,1-4H3. The minimum Gasteiger partial charge on any atom is -0.328 e. The third-order valence-electron chi connectivity index (χ3n) is 3.39. The van der Waals surface area contributed by atoms with Crippen LogP contribution in [-0.2, 0) is 6.54 Å². The number of anilines is 2. The maximum absolute atomic E-state index is 6.41. The molecule has 0 saturated heterocycles. The van der Waals surface area contributed by atoms with Gasteiger partial charge >= 0.3 is 0 Å². The second kappa shape index (κ2) is 6.92. The zero-order valence-corrected chi connectivity index (χ0v) is 13.8. The molecule has 0 fully saturated rings. The number of hydrogen-bond acceptors (Lipinski definition) is 3. The highest BCUT2D eigenvalue weighted by molar-refractivity contribution is 6.33. The molecule has 0 saturated carbocycles. The minimum atomic E-state index is 0.443. The van der Waals surface area contributed by atoms with Gasteiger partial charge in [0.2, 0.25) is 0 Å². The van der Waals surface area contributed by atoms with Crippen LogP contribution >= 0.6 is 11.6 Å². The summed E-state index contributed by atoms with van der Waals surface area (Å²) in [6.07, 6.45) is 1.88. The molecule has 0 atom stereocenters. The first-order valence-electron chi connectivity index (χ1n) is 7.16. The van der Waals surface area contributed by atoms with E-state index in [2.05, 4.69) is 43.2 Å². The van der Waals surface area contributed by atoms with E-state index in [0.717, 1.165) is 23.6 Å². The van der Waals surface area contributed by atoms with Crippen LogP contribution in [0.3, 0.4) is 0 Å². The molecule has 0 amide bonds. The number of aromatic nitrogens is 1. The Morgan fingerprint density at radius 1 is 1.29 bits per heavy atom. The summed E-state index contributed by atoms with van der Waals surface area (Å²) >= 11 is 6.41. The average Bonchev–Trinajstić information content (AvgIpc) is 2.45. The van der Waals surface area contributed by atoms with E-state index >= 15 is 0 Å². The lowest BCUT2D eigenvalue weighted by Gasteiger charge is -2.22. The van der Waals surface area contributed by atoms with Crippen molar-refractivity contribution in [2.45, 2.75) is 33.4 Å². The lowest BCUT2D eigenvalue weighted by atomic mass is 10.2. The second-order valence-electron chi connectivity index (χ2n) is 5.53. The molecule has 1 aromatic heterocycles. The number of pyridine rings is 1. The number of hydrogen-bond donors (Lipinski definition) is 1. The molecule has 112 valence electrons. The molecule has 4 heteroatoms. The summed E-state index contributed by atoms with van der Waals surface area (Å²) in [4.78, 5) is 6.55. The van der Waals surface area contributed by atoms with E-state index in [0.29, 0.717) is 11.1 Å². The molecule has 1 aromatic carbocycles. The van der Waals surface area contributed by atoms with E-state index in [1.165, 1.54) is 5.56 Å². The van der Waals surface area contributed by atoms with Gasteiger partial charge in [-0.25, -0.2) is 4.98 Å². The Labute approximate surface area is 132 Å². The van der Waals surface area contributed by atoms with Gasteiger partial charge in [0.25, 0.3) is 0 Å². The van der Waals surface area contributed by atoms with Crippen LogP contribution in [-0.4, -0.2) is 18.1 Å². The SMILES string of the molecule is Cc1ccccc1N(C)c1ncc(CNC(C)C)cc1Cl. The highest BCUT2D eigenvalue weighted by Crippen LogP contribution is 2.30. The smallest absolute Gasteiger partial charge is 0.151 e. The molecule has 21 heavy (non-hydrogen) atoms. The van der Waals surface area contributed by atoms with E-state index in [9.17, 15) is 0 Å². The van der Waals surface area contributed by atoms with E-state index in [1.807, 2.05) is 36.3 Å². The first kappa shape index (κ1) is 15.8. The normalized spacial score (nSPS) is 11.0. The molecule has 0 unspecified atom stereocenters. The zero-order chi connectivity index (χ0) is 15.4. The summed E-state index contributed by atoms with van der Waals surface area (Å²) in [5, 5.41) is 4.04. The van der Waals surface area contributed by atoms with Gasteiger partial charge in [-0.3, -0.25) is 0 Å². The van der Waals surface area contributed by atoms with Crippen LogP contribution in [0.1, 0.15) is 25.0 Å². The summed E-state index contributed by atoms with van der Waals surface area (Å²) in [5.74, 6) is 0.777. The first-order chi connectivity index (χ1) is 9.99. The monoisotopic (exact) mass is 303 g/mol. The number of nitrogens with zero attached hydrogens (tertiary/aromatic N) is 2. The van der Waals surface area contributed by atoms with Crippen LogP contribution in [0.25, 0.3) is 0 Å². The summed E-state index contributed by atoms with van der Waals surface area (Å²) in [5.41, 5.74) is 3.40. The number of rotatable bonds is 5. The van der Waals surface area contributed by atoms with Gasteiger partial charge in [0, 0.05) is 31.5 Å². The molecule has 0 aliphatic heterocycles. The van der Waals surface area contributed by atoms with Gasteiger partial charge in [0.1, 0.15) is 0 Å². The molecule has 0 aliphatic rings. The van der Waals surface area contributed by atoms with Crippen LogP contribution in [0.4, 0.5) is 11.5 Å². The van der Waals surface area contributed by atoms with E-state index in [-0.39, 0.29) is 0 Å². The second-order valence-corrected chi connectivity index (χ2v) is 5.94. The fraction of sp³-hybridized carbons (Fsp3) is 0.353. The number of aryl methyl sites for hydroxylation is 1. The molecule has 1 N–H and O–H groups in total. The van der Waals surface area contributed by atoms with Crippen molar-refractivity contribution in [2.24, 2.45) is 0 Å². The Bertz CT molecular complexity index is 611. The summed E-state index contributed by atoms with van der Waals surface area (Å²) in [7, 11) is 1.99. The fourth-order valence-electron chi connectivity index (χ4n) is 2.19. The van der Waals surface area contributed by atoms with Gasteiger partial charge in [-0.15, -0.1) is 0 Å². The van der Waals surface area contributed by atoms with Crippen LogP contribution in [0.5, 0.6) is 0 Å². The number of benzene rings is 1. The van der Waals surface area contributed by atoms with Crippen LogP contribution in [0.15, 0.2) is 36.5 Å². The van der Waals surface area contributed by atoms with Crippen molar-refractivity contribution in [3.8, 4) is 0 Å². The van der Waals surface area contributed by atoms with Crippen molar-refractivity contribution in [1.82, 2.24) is 10.3 Å². The van der Waals surface area contributed by atoms with Gasteiger partial charge < -0.3 is 10.2 Å². The largest absolute Gasteiger partial charge is 0.328 e. The van der Waals surface area contributed by atoms with Gasteiger partial charge in [0.05, 0.1) is 5.02 Å². The lowest BCUT2D eigenvalue weighted by molar-refractivity contribution is 0.588.